The van der Waals surface area contributed by atoms with Gasteiger partial charge in [-0.3, -0.25) is 15.1 Å². The van der Waals surface area contributed by atoms with Crippen LogP contribution in [0.2, 0.25) is 0 Å². The van der Waals surface area contributed by atoms with Gasteiger partial charge >= 0.3 is 12.0 Å². The molecule has 0 aromatic carbocycles. The summed E-state index contributed by atoms with van der Waals surface area (Å²) in [6, 6.07) is 6.36. The molecule has 4 rings (SSSR count). The van der Waals surface area contributed by atoms with Crippen LogP contribution >= 0.6 is 11.3 Å². The van der Waals surface area contributed by atoms with Crippen molar-refractivity contribution >= 4 is 49.8 Å². The number of carboxylic acid groups (broad SMARTS) is 1. The van der Waals surface area contributed by atoms with Crippen molar-refractivity contribution in [3.8, 4) is 0 Å². The van der Waals surface area contributed by atoms with Gasteiger partial charge in [-0.15, -0.1) is 0 Å². The topological polar surface area (TPSA) is 168 Å². The van der Waals surface area contributed by atoms with Crippen LogP contribution in [0.5, 0.6) is 0 Å². The minimum absolute atomic E-state index is 0.0687. The van der Waals surface area contributed by atoms with Gasteiger partial charge in [-0.25, -0.2) is 28.0 Å². The van der Waals surface area contributed by atoms with Crippen molar-refractivity contribution in [1.82, 2.24) is 15.0 Å². The van der Waals surface area contributed by atoms with E-state index in [9.17, 15) is 27.9 Å². The van der Waals surface area contributed by atoms with Crippen LogP contribution in [0.4, 0.5) is 15.6 Å². The molecule has 1 fully saturated rings. The molecule has 13 heteroatoms. The first kappa shape index (κ1) is 23.4. The largest absolute Gasteiger partial charge is 0.476 e. The molecule has 0 spiro atoms. The quantitative estimate of drug-likeness (QED) is 0.410. The second-order valence-corrected chi connectivity index (χ2v) is 10.6. The Morgan fingerprint density at radius 3 is 2.47 bits per heavy atom. The number of rotatable bonds is 7. The molecule has 3 N–H and O–H groups in total. The van der Waals surface area contributed by atoms with Gasteiger partial charge < -0.3 is 10.4 Å². The van der Waals surface area contributed by atoms with E-state index < -0.39 is 31.7 Å². The number of ketones is 1. The van der Waals surface area contributed by atoms with Crippen molar-refractivity contribution in [3.63, 3.8) is 0 Å². The molecule has 3 heterocycles. The SMILES string of the molecule is O=C(Nc1ccnc(C(=O)C2CCCC2)c1)Nc1nc(C(=O)O)c(S(=O)(=O)c2ccccn2)s1. The number of hydrogen-bond donors (Lipinski definition) is 3. The second-order valence-electron chi connectivity index (χ2n) is 7.49. The van der Waals surface area contributed by atoms with Gasteiger partial charge in [0.2, 0.25) is 9.84 Å². The number of amides is 2. The molecule has 0 aliphatic heterocycles. The summed E-state index contributed by atoms with van der Waals surface area (Å²) in [5.74, 6) is -1.71. The van der Waals surface area contributed by atoms with Crippen LogP contribution in [-0.2, 0) is 9.84 Å². The zero-order valence-corrected chi connectivity index (χ0v) is 19.2. The Hall–Kier alpha value is -3.71. The number of Topliss-reactive ketones (excluding diaryl/α,β-unsaturated/α-hetero) is 1. The Balaban J connectivity index is 1.52. The number of anilines is 2. The van der Waals surface area contributed by atoms with E-state index >= 15 is 0 Å². The minimum Gasteiger partial charge on any atom is -0.476 e. The second kappa shape index (κ2) is 9.65. The first-order chi connectivity index (χ1) is 16.3. The lowest BCUT2D eigenvalue weighted by Crippen LogP contribution is -2.20. The highest BCUT2D eigenvalue weighted by atomic mass is 32.2. The summed E-state index contributed by atoms with van der Waals surface area (Å²) in [5.41, 5.74) is -0.180. The fourth-order valence-electron chi connectivity index (χ4n) is 3.58. The number of urea groups is 1. The first-order valence-electron chi connectivity index (χ1n) is 10.2. The van der Waals surface area contributed by atoms with E-state index in [0.717, 1.165) is 25.7 Å². The Labute approximate surface area is 198 Å². The molecule has 0 unspecified atom stereocenters. The zero-order valence-electron chi connectivity index (χ0n) is 17.6. The number of hydrogen-bond acceptors (Lipinski definition) is 9. The summed E-state index contributed by atoms with van der Waals surface area (Å²) in [7, 11) is -4.27. The molecule has 0 bridgehead atoms. The highest BCUT2D eigenvalue weighted by Gasteiger charge is 2.31. The van der Waals surface area contributed by atoms with Crippen LogP contribution in [0.3, 0.4) is 0 Å². The number of carboxylic acids is 1. The standard InChI is InChI=1S/C21H19N5O6S2/c27-17(12-5-1-2-6-12)14-11-13(8-10-22-14)24-20(30)26-21-25-16(18(28)29)19(33-21)34(31,32)15-7-3-4-9-23-15/h3-4,7-12H,1-2,5-6H2,(H,28,29)(H2,22,24,25,26,30). The lowest BCUT2D eigenvalue weighted by Gasteiger charge is -2.09. The van der Waals surface area contributed by atoms with Crippen molar-refractivity contribution in [2.24, 2.45) is 5.92 Å². The molecule has 3 aromatic rings. The van der Waals surface area contributed by atoms with Crippen LogP contribution in [0.25, 0.3) is 0 Å². The number of carbonyl (C=O) groups excluding carboxylic acids is 2. The number of nitrogens with one attached hydrogen (secondary N) is 2. The van der Waals surface area contributed by atoms with Crippen LogP contribution in [0.1, 0.15) is 46.7 Å². The van der Waals surface area contributed by atoms with Crippen LogP contribution in [0.15, 0.2) is 52.0 Å². The number of sulfone groups is 1. The van der Waals surface area contributed by atoms with Gasteiger partial charge in [0, 0.05) is 24.0 Å². The molecule has 2 amide bonds. The molecular weight excluding hydrogens is 482 g/mol. The molecule has 0 atom stereocenters. The Bertz CT molecular complexity index is 1350. The normalized spacial score (nSPS) is 14.0. The van der Waals surface area contributed by atoms with E-state index in [1.54, 1.807) is 0 Å². The summed E-state index contributed by atoms with van der Waals surface area (Å²) in [4.78, 5) is 48.2. The Morgan fingerprint density at radius 2 is 1.79 bits per heavy atom. The molecular formula is C21H19N5O6S2. The highest BCUT2D eigenvalue weighted by molar-refractivity contribution is 7.93. The molecule has 176 valence electrons. The number of aromatic carboxylic acids is 1. The van der Waals surface area contributed by atoms with Gasteiger partial charge in [0.1, 0.15) is 5.69 Å². The molecule has 0 saturated heterocycles. The number of aromatic nitrogens is 3. The third-order valence-electron chi connectivity index (χ3n) is 5.17. The number of carbonyl (C=O) groups is 3. The van der Waals surface area contributed by atoms with Crippen molar-refractivity contribution in [1.29, 1.82) is 0 Å². The van der Waals surface area contributed by atoms with Crippen LogP contribution in [-0.4, -0.2) is 46.3 Å². The minimum atomic E-state index is -4.27. The summed E-state index contributed by atoms with van der Waals surface area (Å²) in [6.07, 6.45) is 6.31. The molecule has 34 heavy (non-hydrogen) atoms. The van der Waals surface area contributed by atoms with E-state index in [0.29, 0.717) is 17.0 Å². The summed E-state index contributed by atoms with van der Waals surface area (Å²) >= 11 is 0.495. The molecule has 11 nitrogen and oxygen atoms in total. The number of pyridine rings is 2. The van der Waals surface area contributed by atoms with E-state index in [4.69, 9.17) is 0 Å². The van der Waals surface area contributed by atoms with Gasteiger partial charge in [-0.1, -0.05) is 30.2 Å². The zero-order chi connectivity index (χ0) is 24.3. The Morgan fingerprint density at radius 1 is 1.03 bits per heavy atom. The maximum atomic E-state index is 12.8. The molecule has 3 aromatic heterocycles. The van der Waals surface area contributed by atoms with Gasteiger partial charge in [-0.05, 0) is 37.1 Å². The van der Waals surface area contributed by atoms with Gasteiger partial charge in [-0.2, -0.15) is 0 Å². The van der Waals surface area contributed by atoms with Crippen molar-refractivity contribution < 1.29 is 27.9 Å². The fourth-order valence-corrected chi connectivity index (χ4v) is 6.23. The predicted molar refractivity (Wildman–Crippen MR) is 122 cm³/mol. The van der Waals surface area contributed by atoms with E-state index in [1.165, 1.54) is 42.7 Å². The maximum Gasteiger partial charge on any atom is 0.356 e. The van der Waals surface area contributed by atoms with E-state index in [1.807, 2.05) is 0 Å². The predicted octanol–water partition coefficient (Wildman–Crippen LogP) is 3.48. The van der Waals surface area contributed by atoms with Crippen molar-refractivity contribution in [2.75, 3.05) is 10.6 Å². The average molecular weight is 502 g/mol. The van der Waals surface area contributed by atoms with Gasteiger partial charge in [0.05, 0.1) is 0 Å². The van der Waals surface area contributed by atoms with Crippen molar-refractivity contribution in [2.45, 2.75) is 34.9 Å². The fraction of sp³-hybridized carbons (Fsp3) is 0.238. The van der Waals surface area contributed by atoms with Gasteiger partial charge in [0.25, 0.3) is 0 Å². The monoisotopic (exact) mass is 501 g/mol. The summed E-state index contributed by atoms with van der Waals surface area (Å²) in [6.45, 7) is 0. The van der Waals surface area contributed by atoms with Crippen LogP contribution < -0.4 is 10.6 Å². The van der Waals surface area contributed by atoms with E-state index in [-0.39, 0.29) is 27.6 Å². The smallest absolute Gasteiger partial charge is 0.356 e. The first-order valence-corrected chi connectivity index (χ1v) is 12.5. The van der Waals surface area contributed by atoms with E-state index in [2.05, 4.69) is 25.6 Å². The maximum absolute atomic E-state index is 12.8. The Kier molecular flexibility index (Phi) is 6.65. The lowest BCUT2D eigenvalue weighted by atomic mass is 9.99. The summed E-state index contributed by atoms with van der Waals surface area (Å²) < 4.78 is 25.1. The highest BCUT2D eigenvalue weighted by Crippen LogP contribution is 2.32. The third kappa shape index (κ3) is 4.94. The number of nitrogens with zero attached hydrogens (tertiary/aromatic N) is 3. The molecule has 1 aliphatic carbocycles. The number of thiazole rings is 1. The van der Waals surface area contributed by atoms with Gasteiger partial charge in [0.15, 0.2) is 25.8 Å². The molecule has 1 aliphatic rings. The van der Waals surface area contributed by atoms with Crippen LogP contribution in [0, 0.1) is 5.92 Å². The third-order valence-corrected chi connectivity index (χ3v) is 8.32. The molecule has 1 saturated carbocycles. The molecule has 0 radical (unpaired) electrons. The average Bonchev–Trinajstić information content (AvgIpc) is 3.50. The summed E-state index contributed by atoms with van der Waals surface area (Å²) in [5, 5.41) is 13.7. The lowest BCUT2D eigenvalue weighted by molar-refractivity contribution is 0.0687. The van der Waals surface area contributed by atoms with Crippen molar-refractivity contribution in [3.05, 3.63) is 54.1 Å².